The summed E-state index contributed by atoms with van der Waals surface area (Å²) in [7, 11) is 0. The van der Waals surface area contributed by atoms with Gasteiger partial charge in [0.25, 0.3) is 5.91 Å². The molecule has 24 heavy (non-hydrogen) atoms. The zero-order valence-corrected chi connectivity index (χ0v) is 14.0. The van der Waals surface area contributed by atoms with E-state index in [2.05, 4.69) is 48.6 Å². The molecule has 3 aromatic rings. The molecule has 3 heteroatoms. The van der Waals surface area contributed by atoms with Crippen molar-refractivity contribution in [2.75, 3.05) is 0 Å². The van der Waals surface area contributed by atoms with E-state index in [1.54, 1.807) is 0 Å². The summed E-state index contributed by atoms with van der Waals surface area (Å²) in [4.78, 5) is 12.2. The van der Waals surface area contributed by atoms with Crippen LogP contribution in [0.2, 0.25) is 0 Å². The highest BCUT2D eigenvalue weighted by atomic mass is 16.2. The highest BCUT2D eigenvalue weighted by Gasteiger charge is 2.13. The molecule has 0 aliphatic rings. The average molecular weight is 319 g/mol. The summed E-state index contributed by atoms with van der Waals surface area (Å²) in [5.74, 6) is 0.0517. The number of pyridine rings is 1. The van der Waals surface area contributed by atoms with Crippen molar-refractivity contribution in [3.05, 3.63) is 78.6 Å². The van der Waals surface area contributed by atoms with Gasteiger partial charge in [-0.05, 0) is 36.8 Å². The molecule has 0 aliphatic carbocycles. The molecule has 0 fully saturated rings. The predicted molar refractivity (Wildman–Crippen MR) is 96.5 cm³/mol. The molecule has 122 valence electrons. The Bertz CT molecular complexity index is 814. The highest BCUT2D eigenvalue weighted by molar-refractivity contribution is 5.80. The van der Waals surface area contributed by atoms with Crippen molar-refractivity contribution in [3.8, 4) is 0 Å². The molecule has 3 nitrogen and oxygen atoms in total. The average Bonchev–Trinajstić information content (AvgIpc) is 2.60. The first-order valence-corrected chi connectivity index (χ1v) is 8.42. The van der Waals surface area contributed by atoms with E-state index in [1.165, 1.54) is 10.9 Å². The summed E-state index contributed by atoms with van der Waals surface area (Å²) in [5.41, 5.74) is 1.31. The van der Waals surface area contributed by atoms with E-state index in [4.69, 9.17) is 0 Å². The number of carbonyl (C=O) groups is 1. The van der Waals surface area contributed by atoms with Crippen molar-refractivity contribution < 1.29 is 9.36 Å². The molecular weight excluding hydrogens is 296 g/mol. The Morgan fingerprint density at radius 3 is 2.50 bits per heavy atom. The summed E-state index contributed by atoms with van der Waals surface area (Å²) in [6.07, 6.45) is 5.89. The molecule has 0 bridgehead atoms. The number of nitrogens with one attached hydrogen (secondary N) is 1. The topological polar surface area (TPSA) is 33.0 Å². The minimum atomic E-state index is 0.0517. The number of hydrogen-bond donors (Lipinski definition) is 1. The van der Waals surface area contributed by atoms with E-state index < -0.39 is 0 Å². The molecule has 0 radical (unpaired) electrons. The van der Waals surface area contributed by atoms with Crippen molar-refractivity contribution >= 4 is 16.7 Å². The van der Waals surface area contributed by atoms with Crippen LogP contribution in [0.3, 0.4) is 0 Å². The molecule has 1 heterocycles. The van der Waals surface area contributed by atoms with Crippen molar-refractivity contribution in [2.45, 2.75) is 32.4 Å². The molecule has 1 aromatic heterocycles. The number of benzene rings is 2. The summed E-state index contributed by atoms with van der Waals surface area (Å²) >= 11 is 0. The molecule has 0 spiro atoms. The Morgan fingerprint density at radius 2 is 1.71 bits per heavy atom. The Hall–Kier alpha value is -2.68. The number of rotatable bonds is 6. The van der Waals surface area contributed by atoms with Gasteiger partial charge in [-0.25, -0.2) is 0 Å². The first-order chi connectivity index (χ1) is 11.7. The third kappa shape index (κ3) is 4.42. The van der Waals surface area contributed by atoms with Crippen LogP contribution in [0.4, 0.5) is 0 Å². The molecule has 0 saturated heterocycles. The molecular formula is C21H23N2O+. The second-order valence-corrected chi connectivity index (χ2v) is 6.24. The molecule has 1 amide bonds. The number of amides is 1. The van der Waals surface area contributed by atoms with Crippen LogP contribution in [0.1, 0.15) is 18.9 Å². The zero-order valence-electron chi connectivity index (χ0n) is 14.0. The van der Waals surface area contributed by atoms with Crippen LogP contribution in [0, 0.1) is 0 Å². The van der Waals surface area contributed by atoms with Gasteiger partial charge in [-0.1, -0.05) is 48.5 Å². The summed E-state index contributed by atoms with van der Waals surface area (Å²) in [6.45, 7) is 2.41. The fraction of sp³-hybridized carbons (Fsp3) is 0.238. The predicted octanol–water partition coefficient (Wildman–Crippen LogP) is 3.26. The molecule has 0 unspecified atom stereocenters. The van der Waals surface area contributed by atoms with Gasteiger partial charge in [0.2, 0.25) is 6.54 Å². The van der Waals surface area contributed by atoms with Gasteiger partial charge in [0.05, 0.1) is 0 Å². The van der Waals surface area contributed by atoms with Gasteiger partial charge in [-0.15, -0.1) is 0 Å². The van der Waals surface area contributed by atoms with Gasteiger partial charge < -0.3 is 5.32 Å². The Morgan fingerprint density at radius 1 is 1.00 bits per heavy atom. The van der Waals surface area contributed by atoms with Crippen LogP contribution in [-0.4, -0.2) is 11.9 Å². The van der Waals surface area contributed by atoms with Crippen LogP contribution in [-0.2, 0) is 17.8 Å². The first kappa shape index (κ1) is 16.2. The second kappa shape index (κ2) is 7.73. The standard InChI is InChI=1S/C21H22N2O/c1-17(11-12-18-7-3-2-4-8-18)22-21(24)16-23-14-13-19-9-5-6-10-20(19)15-23/h2-10,13-15,17H,11-12,16H2,1H3/p+1/t17-/m0/s1. The molecule has 1 atom stereocenters. The van der Waals surface area contributed by atoms with Crippen molar-refractivity contribution in [3.63, 3.8) is 0 Å². The lowest BCUT2D eigenvalue weighted by molar-refractivity contribution is -0.683. The van der Waals surface area contributed by atoms with Crippen molar-refractivity contribution in [1.82, 2.24) is 5.32 Å². The first-order valence-electron chi connectivity index (χ1n) is 8.42. The largest absolute Gasteiger partial charge is 0.348 e. The van der Waals surface area contributed by atoms with E-state index in [1.807, 2.05) is 41.2 Å². The Labute approximate surface area is 143 Å². The van der Waals surface area contributed by atoms with Crippen LogP contribution in [0.15, 0.2) is 73.1 Å². The maximum absolute atomic E-state index is 12.2. The van der Waals surface area contributed by atoms with Gasteiger partial charge in [-0.3, -0.25) is 4.79 Å². The number of aryl methyl sites for hydroxylation is 1. The summed E-state index contributed by atoms with van der Waals surface area (Å²) in [5, 5.41) is 5.42. The SMILES string of the molecule is C[C@@H](CCc1ccccc1)NC(=O)C[n+]1ccc2ccccc2c1. The van der Waals surface area contributed by atoms with Crippen LogP contribution >= 0.6 is 0 Å². The van der Waals surface area contributed by atoms with Crippen molar-refractivity contribution in [2.24, 2.45) is 0 Å². The van der Waals surface area contributed by atoms with Crippen LogP contribution < -0.4 is 9.88 Å². The third-order valence-corrected chi connectivity index (χ3v) is 4.19. The quantitative estimate of drug-likeness (QED) is 0.695. The number of nitrogens with zero attached hydrogens (tertiary/aromatic N) is 1. The lowest BCUT2D eigenvalue weighted by Gasteiger charge is -2.12. The molecule has 2 aromatic carbocycles. The van der Waals surface area contributed by atoms with Crippen LogP contribution in [0.25, 0.3) is 10.8 Å². The number of carbonyl (C=O) groups excluding carboxylic acids is 1. The third-order valence-electron chi connectivity index (χ3n) is 4.19. The molecule has 1 N–H and O–H groups in total. The number of hydrogen-bond acceptors (Lipinski definition) is 1. The van der Waals surface area contributed by atoms with Gasteiger partial charge in [0.1, 0.15) is 0 Å². The van der Waals surface area contributed by atoms with Gasteiger partial charge >= 0.3 is 0 Å². The Kier molecular flexibility index (Phi) is 5.22. The summed E-state index contributed by atoms with van der Waals surface area (Å²) < 4.78 is 1.93. The Balaban J connectivity index is 1.52. The van der Waals surface area contributed by atoms with Gasteiger partial charge in [0.15, 0.2) is 12.4 Å². The maximum atomic E-state index is 12.2. The van der Waals surface area contributed by atoms with E-state index in [9.17, 15) is 4.79 Å². The highest BCUT2D eigenvalue weighted by Crippen LogP contribution is 2.09. The van der Waals surface area contributed by atoms with Gasteiger partial charge in [-0.2, -0.15) is 4.57 Å². The second-order valence-electron chi connectivity index (χ2n) is 6.24. The monoisotopic (exact) mass is 319 g/mol. The lowest BCUT2D eigenvalue weighted by Crippen LogP contribution is -2.45. The summed E-state index contributed by atoms with van der Waals surface area (Å²) in [6, 6.07) is 20.8. The fourth-order valence-corrected chi connectivity index (χ4v) is 2.86. The van der Waals surface area contributed by atoms with Crippen molar-refractivity contribution in [1.29, 1.82) is 0 Å². The molecule has 0 saturated carbocycles. The maximum Gasteiger partial charge on any atom is 0.286 e. The van der Waals surface area contributed by atoms with Crippen LogP contribution in [0.5, 0.6) is 0 Å². The fourth-order valence-electron chi connectivity index (χ4n) is 2.86. The smallest absolute Gasteiger partial charge is 0.286 e. The van der Waals surface area contributed by atoms with Gasteiger partial charge in [0, 0.05) is 17.5 Å². The van der Waals surface area contributed by atoms with E-state index >= 15 is 0 Å². The van der Waals surface area contributed by atoms with E-state index in [-0.39, 0.29) is 11.9 Å². The normalized spacial score (nSPS) is 12.0. The number of aromatic nitrogens is 1. The number of fused-ring (bicyclic) bond motifs is 1. The minimum Gasteiger partial charge on any atom is -0.348 e. The minimum absolute atomic E-state index is 0.0517. The van der Waals surface area contributed by atoms with E-state index in [0.29, 0.717) is 6.54 Å². The molecule has 3 rings (SSSR count). The lowest BCUT2D eigenvalue weighted by atomic mass is 10.1. The zero-order chi connectivity index (χ0) is 16.8. The van der Waals surface area contributed by atoms with E-state index in [0.717, 1.165) is 18.2 Å². The molecule has 0 aliphatic heterocycles.